The molecule has 2 aromatic rings. The second-order valence-corrected chi connectivity index (χ2v) is 5.32. The fourth-order valence-corrected chi connectivity index (χ4v) is 2.81. The lowest BCUT2D eigenvalue weighted by Gasteiger charge is -2.08. The molecule has 1 heterocycles. The van der Waals surface area contributed by atoms with Crippen molar-refractivity contribution in [2.45, 2.75) is 19.8 Å². The molecule has 0 amide bonds. The number of halogens is 1. The van der Waals surface area contributed by atoms with Gasteiger partial charge in [-0.3, -0.25) is 4.79 Å². The van der Waals surface area contributed by atoms with Crippen molar-refractivity contribution < 1.29 is 19.1 Å². The zero-order valence-electron chi connectivity index (χ0n) is 11.5. The van der Waals surface area contributed by atoms with E-state index in [1.165, 1.54) is 18.3 Å². The van der Waals surface area contributed by atoms with Crippen LogP contribution in [0, 0.1) is 11.7 Å². The largest absolute Gasteiger partial charge is 0.478 e. The standard InChI is InChI=1S/C16H14FNO3/c1-9(19)10-2-4-12(6-10)18-8-14(16(20)21)13-7-11(17)3-5-15(13)18/h3-5,7-8,10H,2,6H2,1H3,(H,20,21). The second-order valence-electron chi connectivity index (χ2n) is 5.32. The summed E-state index contributed by atoms with van der Waals surface area (Å²) in [5, 5.41) is 9.63. The van der Waals surface area contributed by atoms with Crippen molar-refractivity contribution in [3.8, 4) is 0 Å². The summed E-state index contributed by atoms with van der Waals surface area (Å²) >= 11 is 0. The number of carboxylic acids is 1. The molecule has 3 rings (SSSR count). The average Bonchev–Trinajstić information content (AvgIpc) is 3.01. The minimum Gasteiger partial charge on any atom is -0.478 e. The zero-order chi connectivity index (χ0) is 15.1. The van der Waals surface area contributed by atoms with Gasteiger partial charge >= 0.3 is 5.97 Å². The Balaban J connectivity index is 2.12. The van der Waals surface area contributed by atoms with Gasteiger partial charge in [-0.15, -0.1) is 0 Å². The molecule has 0 saturated carbocycles. The second kappa shape index (κ2) is 4.84. The molecule has 1 aliphatic rings. The molecule has 0 radical (unpaired) electrons. The molecule has 0 fully saturated rings. The summed E-state index contributed by atoms with van der Waals surface area (Å²) in [5.74, 6) is -1.48. The Hall–Kier alpha value is -2.43. The van der Waals surface area contributed by atoms with Gasteiger partial charge in [0.05, 0.1) is 11.1 Å². The zero-order valence-corrected chi connectivity index (χ0v) is 11.5. The number of carboxylic acid groups (broad SMARTS) is 1. The van der Waals surface area contributed by atoms with Crippen LogP contribution in [0.15, 0.2) is 30.5 Å². The van der Waals surface area contributed by atoms with Crippen molar-refractivity contribution in [2.24, 2.45) is 5.92 Å². The summed E-state index contributed by atoms with van der Waals surface area (Å²) in [6, 6.07) is 4.11. The summed E-state index contributed by atoms with van der Waals surface area (Å²) in [6.07, 6.45) is 4.69. The third-order valence-electron chi connectivity index (χ3n) is 3.97. The highest BCUT2D eigenvalue weighted by Crippen LogP contribution is 2.33. The van der Waals surface area contributed by atoms with Crippen molar-refractivity contribution in [2.75, 3.05) is 0 Å². The lowest BCUT2D eigenvalue weighted by Crippen LogP contribution is -2.07. The quantitative estimate of drug-likeness (QED) is 0.942. The van der Waals surface area contributed by atoms with Crippen molar-refractivity contribution in [1.29, 1.82) is 0 Å². The molecule has 108 valence electrons. The van der Waals surface area contributed by atoms with Gasteiger partial charge in [-0.05, 0) is 38.0 Å². The van der Waals surface area contributed by atoms with Crippen LogP contribution < -0.4 is 0 Å². The van der Waals surface area contributed by atoms with Gasteiger partial charge in [0.15, 0.2) is 0 Å². The van der Waals surface area contributed by atoms with Crippen LogP contribution in [-0.2, 0) is 4.79 Å². The summed E-state index contributed by atoms with van der Waals surface area (Å²) < 4.78 is 15.1. The number of aromatic nitrogens is 1. The number of hydrogen-bond donors (Lipinski definition) is 1. The van der Waals surface area contributed by atoms with E-state index >= 15 is 0 Å². The fourth-order valence-electron chi connectivity index (χ4n) is 2.81. The molecule has 1 atom stereocenters. The van der Waals surface area contributed by atoms with Crippen molar-refractivity contribution in [3.63, 3.8) is 0 Å². The first-order valence-electron chi connectivity index (χ1n) is 6.71. The molecule has 1 aromatic carbocycles. The summed E-state index contributed by atoms with van der Waals surface area (Å²) in [6.45, 7) is 1.56. The van der Waals surface area contributed by atoms with Gasteiger partial charge in [0, 0.05) is 23.2 Å². The normalized spacial score (nSPS) is 18.0. The first kappa shape index (κ1) is 13.5. The topological polar surface area (TPSA) is 59.3 Å². The van der Waals surface area contributed by atoms with Crippen LogP contribution >= 0.6 is 0 Å². The van der Waals surface area contributed by atoms with Crippen LogP contribution in [0.4, 0.5) is 4.39 Å². The van der Waals surface area contributed by atoms with Gasteiger partial charge in [-0.25, -0.2) is 9.18 Å². The van der Waals surface area contributed by atoms with E-state index in [4.69, 9.17) is 0 Å². The molecule has 0 spiro atoms. The SMILES string of the molecule is CC(=O)C1CC=C(n2cc(C(=O)O)c3cc(F)ccc32)C1. The molecule has 5 heteroatoms. The lowest BCUT2D eigenvalue weighted by atomic mass is 10.0. The summed E-state index contributed by atoms with van der Waals surface area (Å²) in [5.41, 5.74) is 1.60. The number of aromatic carboxylic acids is 1. The molecule has 0 bridgehead atoms. The average molecular weight is 287 g/mol. The predicted octanol–water partition coefficient (Wildman–Crippen LogP) is 3.32. The molecule has 1 N–H and O–H groups in total. The van der Waals surface area contributed by atoms with Gasteiger partial charge in [0.2, 0.25) is 0 Å². The lowest BCUT2D eigenvalue weighted by molar-refractivity contribution is -0.120. The Morgan fingerprint density at radius 3 is 2.76 bits per heavy atom. The predicted molar refractivity (Wildman–Crippen MR) is 76.5 cm³/mol. The minimum absolute atomic E-state index is 0.0498. The molecular formula is C16H14FNO3. The molecular weight excluding hydrogens is 273 g/mol. The number of nitrogens with zero attached hydrogens (tertiary/aromatic N) is 1. The maximum atomic E-state index is 13.4. The number of ketones is 1. The number of hydrogen-bond acceptors (Lipinski definition) is 2. The Bertz CT molecular complexity index is 788. The first-order chi connectivity index (χ1) is 9.97. The van der Waals surface area contributed by atoms with E-state index in [1.54, 1.807) is 17.6 Å². The van der Waals surface area contributed by atoms with Gasteiger partial charge in [0.25, 0.3) is 0 Å². The maximum absolute atomic E-state index is 13.4. The first-order valence-corrected chi connectivity index (χ1v) is 6.71. The molecule has 21 heavy (non-hydrogen) atoms. The monoisotopic (exact) mass is 287 g/mol. The van der Waals surface area contributed by atoms with E-state index in [0.29, 0.717) is 23.7 Å². The van der Waals surface area contributed by atoms with Crippen molar-refractivity contribution in [1.82, 2.24) is 4.57 Å². The van der Waals surface area contributed by atoms with Crippen LogP contribution in [-0.4, -0.2) is 21.4 Å². The van der Waals surface area contributed by atoms with E-state index in [0.717, 1.165) is 5.70 Å². The van der Waals surface area contributed by atoms with Crippen molar-refractivity contribution >= 4 is 28.4 Å². The van der Waals surface area contributed by atoms with Gasteiger partial charge in [-0.2, -0.15) is 0 Å². The Labute approximate surface area is 120 Å². The number of rotatable bonds is 3. The third kappa shape index (κ3) is 2.24. The highest BCUT2D eigenvalue weighted by Gasteiger charge is 2.24. The fraction of sp³-hybridized carbons (Fsp3) is 0.250. The van der Waals surface area contributed by atoms with Crippen LogP contribution in [0.3, 0.4) is 0 Å². The van der Waals surface area contributed by atoms with E-state index in [2.05, 4.69) is 0 Å². The highest BCUT2D eigenvalue weighted by atomic mass is 19.1. The van der Waals surface area contributed by atoms with E-state index in [1.807, 2.05) is 6.08 Å². The summed E-state index contributed by atoms with van der Waals surface area (Å²) in [7, 11) is 0. The molecule has 1 unspecified atom stereocenters. The number of carbonyl (C=O) groups is 2. The third-order valence-corrected chi connectivity index (χ3v) is 3.97. The van der Waals surface area contributed by atoms with Crippen LogP contribution in [0.5, 0.6) is 0 Å². The van der Waals surface area contributed by atoms with E-state index in [9.17, 15) is 19.1 Å². The van der Waals surface area contributed by atoms with Gasteiger partial charge in [0.1, 0.15) is 11.6 Å². The Morgan fingerprint density at radius 2 is 2.14 bits per heavy atom. The maximum Gasteiger partial charge on any atom is 0.337 e. The minimum atomic E-state index is -1.09. The van der Waals surface area contributed by atoms with E-state index < -0.39 is 11.8 Å². The van der Waals surface area contributed by atoms with Crippen LogP contribution in [0.25, 0.3) is 16.6 Å². The van der Waals surface area contributed by atoms with Crippen LogP contribution in [0.1, 0.15) is 30.1 Å². The Morgan fingerprint density at radius 1 is 1.38 bits per heavy atom. The highest BCUT2D eigenvalue weighted by molar-refractivity contribution is 6.04. The number of carbonyl (C=O) groups excluding carboxylic acids is 1. The van der Waals surface area contributed by atoms with Crippen LogP contribution in [0.2, 0.25) is 0 Å². The molecule has 4 nitrogen and oxygen atoms in total. The number of fused-ring (bicyclic) bond motifs is 1. The van der Waals surface area contributed by atoms with Gasteiger partial charge in [-0.1, -0.05) is 6.08 Å². The van der Waals surface area contributed by atoms with Gasteiger partial charge < -0.3 is 9.67 Å². The number of benzene rings is 1. The number of Topliss-reactive ketones (excluding diaryl/α,β-unsaturated/α-hetero) is 1. The van der Waals surface area contributed by atoms with E-state index in [-0.39, 0.29) is 17.3 Å². The number of allylic oxidation sites excluding steroid dienone is 2. The molecule has 0 aliphatic heterocycles. The smallest absolute Gasteiger partial charge is 0.337 e. The Kier molecular flexibility index (Phi) is 3.12. The molecule has 0 saturated heterocycles. The molecule has 1 aliphatic carbocycles. The molecule has 1 aromatic heterocycles. The van der Waals surface area contributed by atoms with Crippen molar-refractivity contribution in [3.05, 3.63) is 41.9 Å². The summed E-state index contributed by atoms with van der Waals surface area (Å²) in [4.78, 5) is 22.8.